The summed E-state index contributed by atoms with van der Waals surface area (Å²) in [6.45, 7) is 0.688. The van der Waals surface area contributed by atoms with Gasteiger partial charge in [0.15, 0.2) is 0 Å². The minimum atomic E-state index is -0.588. The van der Waals surface area contributed by atoms with Crippen molar-refractivity contribution < 1.29 is 14.5 Å². The maximum absolute atomic E-state index is 12.3. The predicted octanol–water partition coefficient (Wildman–Crippen LogP) is 3.63. The molecule has 0 bridgehead atoms. The highest BCUT2D eigenvalue weighted by Crippen LogP contribution is 2.25. The lowest BCUT2D eigenvalue weighted by molar-refractivity contribution is -0.384. The van der Waals surface area contributed by atoms with Gasteiger partial charge in [-0.05, 0) is 36.8 Å². The van der Waals surface area contributed by atoms with Crippen LogP contribution in [0.5, 0.6) is 0 Å². The SMILES string of the molecule is O=C(Nc1ccc(N2CCCC2=O)cc1)c1cc([N+](=O)[O-])ccc1Cl. The molecule has 1 fully saturated rings. The van der Waals surface area contributed by atoms with Gasteiger partial charge in [0, 0.05) is 36.5 Å². The Kier molecular flexibility index (Phi) is 4.67. The van der Waals surface area contributed by atoms with E-state index in [9.17, 15) is 19.7 Å². The van der Waals surface area contributed by atoms with Crippen molar-refractivity contribution in [2.75, 3.05) is 16.8 Å². The molecule has 0 radical (unpaired) electrons. The summed E-state index contributed by atoms with van der Waals surface area (Å²) in [6.07, 6.45) is 1.38. The molecular formula is C17H14ClN3O4. The molecule has 1 N–H and O–H groups in total. The van der Waals surface area contributed by atoms with Crippen molar-refractivity contribution in [2.24, 2.45) is 0 Å². The second-order valence-electron chi connectivity index (χ2n) is 5.57. The van der Waals surface area contributed by atoms with Crippen LogP contribution >= 0.6 is 11.6 Å². The maximum Gasteiger partial charge on any atom is 0.270 e. The molecule has 0 unspecified atom stereocenters. The summed E-state index contributed by atoms with van der Waals surface area (Å²) in [5.74, 6) is -0.459. The number of nitro groups is 1. The van der Waals surface area contributed by atoms with Crippen molar-refractivity contribution >= 4 is 40.5 Å². The molecule has 2 aromatic rings. The van der Waals surface area contributed by atoms with Gasteiger partial charge in [0.05, 0.1) is 15.5 Å². The molecule has 2 amide bonds. The van der Waals surface area contributed by atoms with E-state index < -0.39 is 10.8 Å². The lowest BCUT2D eigenvalue weighted by Crippen LogP contribution is -2.23. The molecule has 0 saturated carbocycles. The summed E-state index contributed by atoms with van der Waals surface area (Å²) in [5.41, 5.74) is 1.09. The number of halogens is 1. The predicted molar refractivity (Wildman–Crippen MR) is 94.1 cm³/mol. The summed E-state index contributed by atoms with van der Waals surface area (Å²) >= 11 is 5.96. The van der Waals surface area contributed by atoms with Crippen molar-refractivity contribution in [3.63, 3.8) is 0 Å². The first-order valence-electron chi connectivity index (χ1n) is 7.61. The van der Waals surface area contributed by atoms with E-state index in [-0.39, 0.29) is 22.2 Å². The van der Waals surface area contributed by atoms with Gasteiger partial charge in [-0.1, -0.05) is 11.6 Å². The van der Waals surface area contributed by atoms with E-state index in [2.05, 4.69) is 5.32 Å². The van der Waals surface area contributed by atoms with Crippen molar-refractivity contribution in [3.8, 4) is 0 Å². The summed E-state index contributed by atoms with van der Waals surface area (Å²) < 4.78 is 0. The van der Waals surface area contributed by atoms with E-state index in [0.717, 1.165) is 18.2 Å². The Hall–Kier alpha value is -2.93. The number of nitrogens with zero attached hydrogens (tertiary/aromatic N) is 2. The average molecular weight is 360 g/mol. The molecule has 0 aliphatic carbocycles. The van der Waals surface area contributed by atoms with Crippen molar-refractivity contribution in [1.29, 1.82) is 0 Å². The molecule has 2 aromatic carbocycles. The molecule has 1 aliphatic rings. The average Bonchev–Trinajstić information content (AvgIpc) is 3.01. The van der Waals surface area contributed by atoms with Gasteiger partial charge < -0.3 is 10.2 Å². The number of nitro benzene ring substituents is 1. The molecule has 25 heavy (non-hydrogen) atoms. The second kappa shape index (κ2) is 6.90. The van der Waals surface area contributed by atoms with Gasteiger partial charge in [-0.3, -0.25) is 19.7 Å². The third-order valence-electron chi connectivity index (χ3n) is 3.92. The lowest BCUT2D eigenvalue weighted by atomic mass is 10.1. The quantitative estimate of drug-likeness (QED) is 0.666. The fourth-order valence-electron chi connectivity index (χ4n) is 2.65. The zero-order valence-electron chi connectivity index (χ0n) is 13.1. The second-order valence-corrected chi connectivity index (χ2v) is 5.98. The zero-order chi connectivity index (χ0) is 18.0. The van der Waals surface area contributed by atoms with Crippen LogP contribution in [0.1, 0.15) is 23.2 Å². The molecule has 7 nitrogen and oxygen atoms in total. The number of carbonyl (C=O) groups is 2. The first kappa shape index (κ1) is 16.9. The number of nitrogens with one attached hydrogen (secondary N) is 1. The van der Waals surface area contributed by atoms with Crippen LogP contribution in [-0.2, 0) is 4.79 Å². The van der Waals surface area contributed by atoms with E-state index in [1.165, 1.54) is 12.1 Å². The monoisotopic (exact) mass is 359 g/mol. The molecule has 0 spiro atoms. The highest BCUT2D eigenvalue weighted by atomic mass is 35.5. The molecule has 128 valence electrons. The summed E-state index contributed by atoms with van der Waals surface area (Å²) in [7, 11) is 0. The zero-order valence-corrected chi connectivity index (χ0v) is 13.8. The number of non-ortho nitro benzene ring substituents is 1. The Morgan fingerprint density at radius 1 is 1.20 bits per heavy atom. The smallest absolute Gasteiger partial charge is 0.270 e. The summed E-state index contributed by atoms with van der Waals surface area (Å²) in [5, 5.41) is 13.6. The van der Waals surface area contributed by atoms with Gasteiger partial charge in [0.1, 0.15) is 0 Å². The number of benzene rings is 2. The Morgan fingerprint density at radius 3 is 2.52 bits per heavy atom. The van der Waals surface area contributed by atoms with Crippen LogP contribution in [0.3, 0.4) is 0 Å². The number of hydrogen-bond donors (Lipinski definition) is 1. The lowest BCUT2D eigenvalue weighted by Gasteiger charge is -2.16. The summed E-state index contributed by atoms with van der Waals surface area (Å²) in [4.78, 5) is 36.0. The van der Waals surface area contributed by atoms with Gasteiger partial charge >= 0.3 is 0 Å². The van der Waals surface area contributed by atoms with Gasteiger partial charge in [0.2, 0.25) is 5.91 Å². The fourth-order valence-corrected chi connectivity index (χ4v) is 2.85. The van der Waals surface area contributed by atoms with Gasteiger partial charge in [-0.15, -0.1) is 0 Å². The van der Waals surface area contributed by atoms with Gasteiger partial charge in [0.25, 0.3) is 11.6 Å². The van der Waals surface area contributed by atoms with Crippen LogP contribution in [0.4, 0.5) is 17.1 Å². The Bertz CT molecular complexity index is 851. The van der Waals surface area contributed by atoms with Gasteiger partial charge in [-0.25, -0.2) is 0 Å². The molecule has 0 atom stereocenters. The van der Waals surface area contributed by atoms with E-state index in [4.69, 9.17) is 11.6 Å². The molecule has 3 rings (SSSR count). The first-order chi connectivity index (χ1) is 12.0. The fraction of sp³-hybridized carbons (Fsp3) is 0.176. The highest BCUT2D eigenvalue weighted by Gasteiger charge is 2.21. The number of carbonyl (C=O) groups excluding carboxylic acids is 2. The van der Waals surface area contributed by atoms with E-state index in [1.807, 2.05) is 0 Å². The van der Waals surface area contributed by atoms with Crippen molar-refractivity contribution in [1.82, 2.24) is 0 Å². The molecule has 1 saturated heterocycles. The van der Waals surface area contributed by atoms with Crippen LogP contribution in [-0.4, -0.2) is 23.3 Å². The standard InChI is InChI=1S/C17H14ClN3O4/c18-15-8-7-13(21(24)25)10-14(15)17(23)19-11-3-5-12(6-4-11)20-9-1-2-16(20)22/h3-8,10H,1-2,9H2,(H,19,23). The number of anilines is 2. The number of rotatable bonds is 4. The van der Waals surface area contributed by atoms with Crippen LogP contribution in [0.15, 0.2) is 42.5 Å². The van der Waals surface area contributed by atoms with Crippen LogP contribution in [0, 0.1) is 10.1 Å². The Balaban J connectivity index is 1.76. The molecule has 0 aromatic heterocycles. The number of hydrogen-bond acceptors (Lipinski definition) is 4. The van der Waals surface area contributed by atoms with E-state index >= 15 is 0 Å². The van der Waals surface area contributed by atoms with Crippen molar-refractivity contribution in [2.45, 2.75) is 12.8 Å². The Morgan fingerprint density at radius 2 is 1.92 bits per heavy atom. The third-order valence-corrected chi connectivity index (χ3v) is 4.25. The van der Waals surface area contributed by atoms with E-state index in [1.54, 1.807) is 29.2 Å². The van der Waals surface area contributed by atoms with Gasteiger partial charge in [-0.2, -0.15) is 0 Å². The van der Waals surface area contributed by atoms with Crippen LogP contribution in [0.25, 0.3) is 0 Å². The largest absolute Gasteiger partial charge is 0.322 e. The molecule has 8 heteroatoms. The van der Waals surface area contributed by atoms with E-state index in [0.29, 0.717) is 18.7 Å². The molecule has 1 heterocycles. The van der Waals surface area contributed by atoms with Crippen LogP contribution in [0.2, 0.25) is 5.02 Å². The highest BCUT2D eigenvalue weighted by molar-refractivity contribution is 6.34. The number of amides is 2. The Labute approximate surface area is 148 Å². The van der Waals surface area contributed by atoms with Crippen molar-refractivity contribution in [3.05, 3.63) is 63.2 Å². The molecule has 1 aliphatic heterocycles. The normalized spacial score (nSPS) is 13.8. The maximum atomic E-state index is 12.3. The van der Waals surface area contributed by atoms with Crippen LogP contribution < -0.4 is 10.2 Å². The minimum absolute atomic E-state index is 0.0228. The molecular weight excluding hydrogens is 346 g/mol. The topological polar surface area (TPSA) is 92.6 Å². The first-order valence-corrected chi connectivity index (χ1v) is 7.99. The minimum Gasteiger partial charge on any atom is -0.322 e. The third kappa shape index (κ3) is 3.61. The summed E-state index contributed by atoms with van der Waals surface area (Å²) in [6, 6.07) is 10.5.